The van der Waals surface area contributed by atoms with Crippen molar-refractivity contribution in [3.05, 3.63) is 0 Å². The van der Waals surface area contributed by atoms with Crippen LogP contribution in [0, 0.1) is 11.3 Å². The number of rotatable bonds is 2. The van der Waals surface area contributed by atoms with E-state index in [0.717, 1.165) is 0 Å². The Bertz CT molecular complexity index is 220. The summed E-state index contributed by atoms with van der Waals surface area (Å²) in [4.78, 5) is 25.1. The van der Waals surface area contributed by atoms with Crippen LogP contribution in [0.1, 0.15) is 13.3 Å². The van der Waals surface area contributed by atoms with Crippen molar-refractivity contribution in [2.45, 2.75) is 13.3 Å². The summed E-state index contributed by atoms with van der Waals surface area (Å²) in [5.41, 5.74) is 0. The number of carbonyl (C=O) groups is 2. The van der Waals surface area contributed by atoms with E-state index in [1.165, 1.54) is 6.92 Å². The minimum absolute atomic E-state index is 0.0342. The highest BCUT2D eigenvalue weighted by Crippen LogP contribution is 1.93. The molecular weight excluding hydrogens is 164 g/mol. The molecule has 0 aromatic carbocycles. The largest absolute Gasteiger partial charge is 0.463 e. The van der Waals surface area contributed by atoms with Crippen LogP contribution in [-0.4, -0.2) is 28.8 Å². The van der Waals surface area contributed by atoms with Gasteiger partial charge < -0.3 is 9.94 Å². The van der Waals surface area contributed by atoms with Gasteiger partial charge in [0.2, 0.25) is 0 Å². The van der Waals surface area contributed by atoms with E-state index < -0.39 is 18.5 Å². The van der Waals surface area contributed by atoms with Crippen molar-refractivity contribution in [2.24, 2.45) is 0 Å². The Balaban J connectivity index is 3.96. The van der Waals surface area contributed by atoms with E-state index in [9.17, 15) is 9.59 Å². The molecule has 12 heavy (non-hydrogen) atoms. The molecule has 0 spiro atoms. The molecule has 0 bridgehead atoms. The molecule has 1 amide bonds. The Morgan fingerprint density at radius 2 is 2.25 bits per heavy atom. The third-order valence-electron chi connectivity index (χ3n) is 0.936. The summed E-state index contributed by atoms with van der Waals surface area (Å²) in [6.45, 7) is 1.54. The monoisotopic (exact) mass is 172 g/mol. The molecule has 0 atom stereocenters. The molecule has 0 aliphatic carbocycles. The first kappa shape index (κ1) is 10.2. The zero-order chi connectivity index (χ0) is 9.56. The van der Waals surface area contributed by atoms with Gasteiger partial charge in [-0.25, -0.2) is 9.59 Å². The number of carbonyl (C=O) groups excluding carboxylic acids is 1. The van der Waals surface area contributed by atoms with Crippen molar-refractivity contribution in [3.63, 3.8) is 0 Å². The normalized spacial score (nSPS) is 8.33. The number of hydrogen-bond acceptors (Lipinski definition) is 4. The SMILES string of the molecule is CCN(OC(=O)CC#N)C(=O)O. The lowest BCUT2D eigenvalue weighted by molar-refractivity contribution is -0.178. The second kappa shape index (κ2) is 4.96. The molecule has 0 unspecified atom stereocenters. The van der Waals surface area contributed by atoms with Gasteiger partial charge in [-0.2, -0.15) is 5.26 Å². The Morgan fingerprint density at radius 1 is 1.67 bits per heavy atom. The first-order valence-electron chi connectivity index (χ1n) is 3.20. The number of amides is 1. The topological polar surface area (TPSA) is 90.6 Å². The second-order valence-corrected chi connectivity index (χ2v) is 1.78. The molecule has 0 saturated heterocycles. The van der Waals surface area contributed by atoms with Gasteiger partial charge in [0.05, 0.1) is 12.6 Å². The summed E-state index contributed by atoms with van der Waals surface area (Å²) >= 11 is 0. The van der Waals surface area contributed by atoms with Crippen LogP contribution in [0.4, 0.5) is 4.79 Å². The molecule has 0 aromatic heterocycles. The predicted molar refractivity (Wildman–Crippen MR) is 36.7 cm³/mol. The highest BCUT2D eigenvalue weighted by atomic mass is 16.7. The van der Waals surface area contributed by atoms with Gasteiger partial charge in [-0.15, -0.1) is 5.06 Å². The fourth-order valence-electron chi connectivity index (χ4n) is 0.459. The molecule has 0 heterocycles. The molecule has 0 radical (unpaired) electrons. The lowest BCUT2D eigenvalue weighted by Crippen LogP contribution is -2.31. The molecule has 6 heteroatoms. The minimum atomic E-state index is -1.36. The van der Waals surface area contributed by atoms with Crippen molar-refractivity contribution in [1.82, 2.24) is 5.06 Å². The van der Waals surface area contributed by atoms with Gasteiger partial charge >= 0.3 is 12.1 Å². The van der Waals surface area contributed by atoms with Crippen LogP contribution in [0.15, 0.2) is 0 Å². The molecule has 0 aliphatic heterocycles. The second-order valence-electron chi connectivity index (χ2n) is 1.78. The number of hydrogen-bond donors (Lipinski definition) is 1. The number of carboxylic acid groups (broad SMARTS) is 1. The average Bonchev–Trinajstić information content (AvgIpc) is 2.00. The first-order chi connectivity index (χ1) is 5.61. The van der Waals surface area contributed by atoms with Gasteiger partial charge in [0.25, 0.3) is 0 Å². The van der Waals surface area contributed by atoms with Crippen LogP contribution in [-0.2, 0) is 9.63 Å². The van der Waals surface area contributed by atoms with Gasteiger partial charge in [0, 0.05) is 0 Å². The van der Waals surface area contributed by atoms with E-state index in [4.69, 9.17) is 10.4 Å². The van der Waals surface area contributed by atoms with Crippen LogP contribution in [0.3, 0.4) is 0 Å². The smallest absolute Gasteiger partial charge is 0.440 e. The number of hydroxylamine groups is 2. The Kier molecular flexibility index (Phi) is 4.23. The van der Waals surface area contributed by atoms with Crippen LogP contribution in [0.25, 0.3) is 0 Å². The van der Waals surface area contributed by atoms with Gasteiger partial charge in [0.15, 0.2) is 0 Å². The van der Waals surface area contributed by atoms with Crippen molar-refractivity contribution in [3.8, 4) is 6.07 Å². The maximum atomic E-state index is 10.6. The van der Waals surface area contributed by atoms with Gasteiger partial charge in [-0.3, -0.25) is 0 Å². The summed E-state index contributed by atoms with van der Waals surface area (Å²) < 4.78 is 0. The average molecular weight is 172 g/mol. The number of nitriles is 1. The maximum Gasteiger partial charge on any atom is 0.440 e. The van der Waals surface area contributed by atoms with Crippen LogP contribution in [0.5, 0.6) is 0 Å². The molecule has 0 fully saturated rings. The van der Waals surface area contributed by atoms with Gasteiger partial charge in [-0.1, -0.05) is 0 Å². The molecule has 66 valence electrons. The fourth-order valence-corrected chi connectivity index (χ4v) is 0.459. The first-order valence-corrected chi connectivity index (χ1v) is 3.20. The summed E-state index contributed by atoms with van der Waals surface area (Å²) in [7, 11) is 0. The van der Waals surface area contributed by atoms with E-state index in [0.29, 0.717) is 5.06 Å². The van der Waals surface area contributed by atoms with E-state index in [2.05, 4.69) is 4.84 Å². The van der Waals surface area contributed by atoms with Gasteiger partial charge in [-0.05, 0) is 6.92 Å². The van der Waals surface area contributed by atoms with Gasteiger partial charge in [0.1, 0.15) is 6.42 Å². The van der Waals surface area contributed by atoms with Crippen molar-refractivity contribution in [2.75, 3.05) is 6.54 Å². The summed E-state index contributed by atoms with van der Waals surface area (Å²) in [5, 5.41) is 16.9. The molecule has 0 saturated carbocycles. The number of nitrogens with zero attached hydrogens (tertiary/aromatic N) is 2. The molecule has 1 N–H and O–H groups in total. The third kappa shape index (κ3) is 3.41. The minimum Gasteiger partial charge on any atom is -0.463 e. The standard InChI is InChI=1S/C6H8N2O4/c1-2-8(6(10)11)12-5(9)3-4-7/h2-3H2,1H3,(H,10,11). The van der Waals surface area contributed by atoms with Crippen LogP contribution < -0.4 is 0 Å². The van der Waals surface area contributed by atoms with E-state index in [1.54, 1.807) is 6.07 Å². The fraction of sp³-hybridized carbons (Fsp3) is 0.500. The van der Waals surface area contributed by atoms with Crippen molar-refractivity contribution < 1.29 is 19.5 Å². The van der Waals surface area contributed by atoms with Crippen molar-refractivity contribution >= 4 is 12.1 Å². The molecule has 0 rings (SSSR count). The lowest BCUT2D eigenvalue weighted by Gasteiger charge is -2.13. The Morgan fingerprint density at radius 3 is 2.58 bits per heavy atom. The maximum absolute atomic E-state index is 10.6. The van der Waals surface area contributed by atoms with Crippen LogP contribution >= 0.6 is 0 Å². The third-order valence-corrected chi connectivity index (χ3v) is 0.936. The summed E-state index contributed by atoms with van der Waals surface area (Å²) in [5.74, 6) is -0.873. The van der Waals surface area contributed by atoms with E-state index in [1.807, 2.05) is 0 Å². The van der Waals surface area contributed by atoms with E-state index >= 15 is 0 Å². The van der Waals surface area contributed by atoms with E-state index in [-0.39, 0.29) is 6.54 Å². The highest BCUT2D eigenvalue weighted by Gasteiger charge is 2.14. The Labute approximate surface area is 68.9 Å². The molecule has 0 aromatic rings. The summed E-state index contributed by atoms with van der Waals surface area (Å²) in [6, 6.07) is 1.54. The molecule has 0 aliphatic rings. The highest BCUT2D eigenvalue weighted by molar-refractivity contribution is 5.74. The van der Waals surface area contributed by atoms with Crippen LogP contribution in [0.2, 0.25) is 0 Å². The predicted octanol–water partition coefficient (Wildman–Crippen LogP) is 0.358. The zero-order valence-electron chi connectivity index (χ0n) is 6.48. The van der Waals surface area contributed by atoms with Crippen molar-refractivity contribution in [1.29, 1.82) is 5.26 Å². The molecular formula is C6H8N2O4. The quantitative estimate of drug-likeness (QED) is 0.607. The zero-order valence-corrected chi connectivity index (χ0v) is 6.48. The molecule has 6 nitrogen and oxygen atoms in total. The summed E-state index contributed by atoms with van der Waals surface area (Å²) in [6.07, 6.45) is -1.81. The lowest BCUT2D eigenvalue weighted by atomic mass is 10.5. The Hall–Kier alpha value is -1.77.